The van der Waals surface area contributed by atoms with Crippen LogP contribution < -0.4 is 0 Å². The van der Waals surface area contributed by atoms with E-state index in [1.165, 1.54) is 0 Å². The lowest BCUT2D eigenvalue weighted by Crippen LogP contribution is -2.27. The molecule has 0 fully saturated rings. The molecule has 2 aromatic rings. The zero-order valence-corrected chi connectivity index (χ0v) is 16.5. The molecule has 0 bridgehead atoms. The molecule has 1 atom stereocenters. The van der Waals surface area contributed by atoms with E-state index < -0.39 is 4.87 Å². The number of halogens is 2. The van der Waals surface area contributed by atoms with Gasteiger partial charge in [0.15, 0.2) is 0 Å². The Morgan fingerprint density at radius 3 is 2.12 bits per heavy atom. The minimum atomic E-state index is -0.547. The van der Waals surface area contributed by atoms with E-state index in [1.807, 2.05) is 24.3 Å². The van der Waals surface area contributed by atoms with Crippen LogP contribution in [0.15, 0.2) is 42.5 Å². The molecule has 0 amide bonds. The van der Waals surface area contributed by atoms with Crippen LogP contribution in [0.2, 0.25) is 0 Å². The van der Waals surface area contributed by atoms with Gasteiger partial charge in [0.1, 0.15) is 11.5 Å². The van der Waals surface area contributed by atoms with Crippen LogP contribution in [0.1, 0.15) is 50.3 Å². The average Bonchev–Trinajstić information content (AvgIpc) is 2.57. The molecular weight excluding hydrogens is 355 g/mol. The Kier molecular flexibility index (Phi) is 6.29. The first-order valence-corrected chi connectivity index (χ1v) is 9.50. The monoisotopic (exact) mass is 380 g/mol. The average molecular weight is 381 g/mol. The molecule has 25 heavy (non-hydrogen) atoms. The van der Waals surface area contributed by atoms with Gasteiger partial charge in [-0.05, 0) is 47.7 Å². The molecule has 1 unspecified atom stereocenters. The third-order valence-corrected chi connectivity index (χ3v) is 5.94. The molecule has 4 heteroatoms. The zero-order chi connectivity index (χ0) is 18.7. The molecule has 0 saturated heterocycles. The fraction of sp³-hybridized carbons (Fsp3) is 0.429. The second kappa shape index (κ2) is 7.88. The Hall–Kier alpha value is -1.38. The van der Waals surface area contributed by atoms with Gasteiger partial charge in [0, 0.05) is 11.3 Å². The molecule has 0 heterocycles. The van der Waals surface area contributed by atoms with Crippen LogP contribution >= 0.6 is 23.2 Å². The van der Waals surface area contributed by atoms with E-state index in [1.54, 1.807) is 18.2 Å². The fourth-order valence-corrected chi connectivity index (χ4v) is 3.71. The number of benzene rings is 2. The molecule has 0 radical (unpaired) electrons. The summed E-state index contributed by atoms with van der Waals surface area (Å²) >= 11 is 12.8. The molecule has 0 spiro atoms. The van der Waals surface area contributed by atoms with E-state index in [4.69, 9.17) is 23.2 Å². The van der Waals surface area contributed by atoms with E-state index in [9.17, 15) is 10.2 Å². The number of phenols is 2. The summed E-state index contributed by atoms with van der Waals surface area (Å²) in [6, 6.07) is 12.9. The fourth-order valence-electron chi connectivity index (χ4n) is 3.15. The number of hydrogen-bond acceptors (Lipinski definition) is 2. The van der Waals surface area contributed by atoms with E-state index in [-0.39, 0.29) is 16.9 Å². The lowest BCUT2D eigenvalue weighted by Gasteiger charge is -2.29. The van der Waals surface area contributed by atoms with E-state index in [0.29, 0.717) is 12.3 Å². The Bertz CT molecular complexity index is 710. The van der Waals surface area contributed by atoms with Gasteiger partial charge >= 0.3 is 0 Å². The van der Waals surface area contributed by atoms with Crippen molar-refractivity contribution >= 4 is 23.2 Å². The summed E-state index contributed by atoms with van der Waals surface area (Å²) in [5.74, 6) is 0.837. The molecule has 136 valence electrons. The van der Waals surface area contributed by atoms with Crippen molar-refractivity contribution in [2.24, 2.45) is 0 Å². The van der Waals surface area contributed by atoms with E-state index in [0.717, 1.165) is 29.5 Å². The Morgan fingerprint density at radius 2 is 1.56 bits per heavy atom. The molecule has 0 saturated carbocycles. The lowest BCUT2D eigenvalue weighted by atomic mass is 9.77. The topological polar surface area (TPSA) is 40.5 Å². The third-order valence-electron chi connectivity index (χ3n) is 4.83. The van der Waals surface area contributed by atoms with Crippen molar-refractivity contribution in [2.75, 3.05) is 5.88 Å². The number of phenolic OH excluding ortho intramolecular Hbond substituents is 2. The van der Waals surface area contributed by atoms with Gasteiger partial charge < -0.3 is 10.2 Å². The number of alkyl halides is 2. The van der Waals surface area contributed by atoms with Gasteiger partial charge in [0.25, 0.3) is 0 Å². The number of rotatable bonds is 7. The first-order chi connectivity index (χ1) is 11.7. The Balaban J connectivity index is 2.39. The zero-order valence-electron chi connectivity index (χ0n) is 15.0. The molecule has 2 nitrogen and oxygen atoms in total. The van der Waals surface area contributed by atoms with Crippen LogP contribution in [0.3, 0.4) is 0 Å². The summed E-state index contributed by atoms with van der Waals surface area (Å²) in [7, 11) is 0. The van der Waals surface area contributed by atoms with Gasteiger partial charge in [0.2, 0.25) is 0 Å². The predicted molar refractivity (Wildman–Crippen MR) is 106 cm³/mol. The van der Waals surface area contributed by atoms with Crippen molar-refractivity contribution in [3.8, 4) is 11.5 Å². The highest BCUT2D eigenvalue weighted by atomic mass is 35.5. The Labute approximate surface area is 160 Å². The number of hydrogen-bond donors (Lipinski definition) is 2. The van der Waals surface area contributed by atoms with Gasteiger partial charge in [-0.2, -0.15) is 0 Å². The van der Waals surface area contributed by atoms with Gasteiger partial charge in [-0.1, -0.05) is 51.5 Å². The molecule has 2 N–H and O–H groups in total. The first-order valence-electron chi connectivity index (χ1n) is 8.58. The van der Waals surface area contributed by atoms with Crippen LogP contribution in [-0.2, 0) is 11.8 Å². The maximum atomic E-state index is 10.3. The summed E-state index contributed by atoms with van der Waals surface area (Å²) in [6.45, 7) is 6.32. The summed E-state index contributed by atoms with van der Waals surface area (Å²) in [5.41, 5.74) is 2.71. The largest absolute Gasteiger partial charge is 0.508 e. The SMILES string of the molecule is CCCC(Cl)(CCl)Cc1cc(C(C)(C)c2ccc(O)cc2)ccc1O. The van der Waals surface area contributed by atoms with Crippen LogP contribution in [-0.4, -0.2) is 21.0 Å². The van der Waals surface area contributed by atoms with Crippen molar-refractivity contribution in [3.63, 3.8) is 0 Å². The van der Waals surface area contributed by atoms with Crippen molar-refractivity contribution in [1.29, 1.82) is 0 Å². The van der Waals surface area contributed by atoms with Gasteiger partial charge in [-0.25, -0.2) is 0 Å². The highest BCUT2D eigenvalue weighted by Crippen LogP contribution is 2.37. The van der Waals surface area contributed by atoms with Crippen molar-refractivity contribution < 1.29 is 10.2 Å². The highest BCUT2D eigenvalue weighted by Gasteiger charge is 2.29. The van der Waals surface area contributed by atoms with Crippen LogP contribution in [0.25, 0.3) is 0 Å². The number of aromatic hydroxyl groups is 2. The van der Waals surface area contributed by atoms with Gasteiger partial charge in [0.05, 0.1) is 4.87 Å². The highest BCUT2D eigenvalue weighted by molar-refractivity contribution is 6.30. The second-order valence-corrected chi connectivity index (χ2v) is 8.30. The van der Waals surface area contributed by atoms with Crippen LogP contribution in [0, 0.1) is 0 Å². The summed E-state index contributed by atoms with van der Waals surface area (Å²) in [5, 5.41) is 19.8. The third kappa shape index (κ3) is 4.62. The summed E-state index contributed by atoms with van der Waals surface area (Å²) < 4.78 is 0. The quantitative estimate of drug-likeness (QED) is 0.579. The standard InChI is InChI=1S/C21H26Cl2O2/c1-4-11-21(23,14-22)13-15-12-17(7-10-19(15)25)20(2,3)16-5-8-18(24)9-6-16/h5-10,12,24-25H,4,11,13-14H2,1-3H3. The Morgan fingerprint density at radius 1 is 0.960 bits per heavy atom. The second-order valence-electron chi connectivity index (χ2n) is 7.23. The summed E-state index contributed by atoms with van der Waals surface area (Å²) in [4.78, 5) is -0.547. The van der Waals surface area contributed by atoms with Crippen molar-refractivity contribution in [2.45, 2.75) is 50.3 Å². The molecular formula is C21H26Cl2O2. The minimum Gasteiger partial charge on any atom is -0.508 e. The van der Waals surface area contributed by atoms with Crippen molar-refractivity contribution in [1.82, 2.24) is 0 Å². The summed E-state index contributed by atoms with van der Waals surface area (Å²) in [6.07, 6.45) is 2.26. The molecule has 0 aliphatic carbocycles. The van der Waals surface area contributed by atoms with Gasteiger partial charge in [-0.15, -0.1) is 23.2 Å². The van der Waals surface area contributed by atoms with Crippen LogP contribution in [0.4, 0.5) is 0 Å². The molecule has 0 aliphatic heterocycles. The maximum absolute atomic E-state index is 10.3. The molecule has 0 aromatic heterocycles. The van der Waals surface area contributed by atoms with Crippen LogP contribution in [0.5, 0.6) is 11.5 Å². The predicted octanol–water partition coefficient (Wildman–Crippen LogP) is 5.98. The normalized spacial score (nSPS) is 14.3. The maximum Gasteiger partial charge on any atom is 0.118 e. The molecule has 0 aliphatic rings. The van der Waals surface area contributed by atoms with Gasteiger partial charge in [-0.3, -0.25) is 0 Å². The lowest BCUT2D eigenvalue weighted by molar-refractivity contribution is 0.458. The smallest absolute Gasteiger partial charge is 0.118 e. The first kappa shape index (κ1) is 19.9. The van der Waals surface area contributed by atoms with E-state index in [2.05, 4.69) is 20.8 Å². The molecule has 2 aromatic carbocycles. The van der Waals surface area contributed by atoms with Crippen molar-refractivity contribution in [3.05, 3.63) is 59.2 Å². The minimum absolute atomic E-state index is 0.247. The van der Waals surface area contributed by atoms with E-state index >= 15 is 0 Å². The molecule has 2 rings (SSSR count).